The molecule has 0 heterocycles. The van der Waals surface area contributed by atoms with E-state index in [4.69, 9.17) is 16.7 Å². The highest BCUT2D eigenvalue weighted by Crippen LogP contribution is 2.25. The Hall–Kier alpha value is -1.22. The number of carboxylic acids is 1. The van der Waals surface area contributed by atoms with E-state index < -0.39 is 5.97 Å². The molecule has 86 valence electrons. The highest BCUT2D eigenvalue weighted by molar-refractivity contribution is 6.31. The fourth-order valence-electron chi connectivity index (χ4n) is 2.10. The lowest BCUT2D eigenvalue weighted by molar-refractivity contribution is 0.0697. The molecule has 0 saturated heterocycles. The maximum absolute atomic E-state index is 10.9. The molecule has 0 atom stereocenters. The molecule has 1 aliphatic carbocycles. The van der Waals surface area contributed by atoms with Crippen molar-refractivity contribution in [2.45, 2.75) is 31.7 Å². The van der Waals surface area contributed by atoms with Crippen LogP contribution in [-0.2, 0) is 0 Å². The van der Waals surface area contributed by atoms with Crippen LogP contribution in [0.2, 0.25) is 5.02 Å². The van der Waals surface area contributed by atoms with Gasteiger partial charge in [0.2, 0.25) is 0 Å². The summed E-state index contributed by atoms with van der Waals surface area (Å²) < 4.78 is 0. The quantitative estimate of drug-likeness (QED) is 0.850. The van der Waals surface area contributed by atoms with Crippen LogP contribution >= 0.6 is 11.6 Å². The van der Waals surface area contributed by atoms with Gasteiger partial charge in [0.05, 0.1) is 5.56 Å². The normalized spacial score (nSPS) is 16.3. The lowest BCUT2D eigenvalue weighted by Gasteiger charge is -2.14. The number of aromatic carboxylic acids is 1. The highest BCUT2D eigenvalue weighted by Gasteiger charge is 2.15. The molecule has 1 aliphatic rings. The molecule has 0 amide bonds. The summed E-state index contributed by atoms with van der Waals surface area (Å²) in [6, 6.07) is 5.32. The molecule has 0 bridgehead atoms. The lowest BCUT2D eigenvalue weighted by atomic mass is 10.1. The van der Waals surface area contributed by atoms with Gasteiger partial charge in [-0.05, 0) is 31.0 Å². The lowest BCUT2D eigenvalue weighted by Crippen LogP contribution is -2.14. The van der Waals surface area contributed by atoms with Crippen molar-refractivity contribution < 1.29 is 9.90 Å². The van der Waals surface area contributed by atoms with Crippen molar-refractivity contribution in [3.63, 3.8) is 0 Å². The van der Waals surface area contributed by atoms with Gasteiger partial charge in [-0.1, -0.05) is 24.4 Å². The number of rotatable bonds is 3. The van der Waals surface area contributed by atoms with Gasteiger partial charge >= 0.3 is 5.97 Å². The molecule has 0 radical (unpaired) electrons. The van der Waals surface area contributed by atoms with E-state index in [0.29, 0.717) is 11.1 Å². The van der Waals surface area contributed by atoms with E-state index in [2.05, 4.69) is 5.32 Å². The number of hydrogen-bond acceptors (Lipinski definition) is 2. The van der Waals surface area contributed by atoms with Crippen LogP contribution in [0.3, 0.4) is 0 Å². The van der Waals surface area contributed by atoms with Crippen molar-refractivity contribution in [1.29, 1.82) is 0 Å². The van der Waals surface area contributed by atoms with Crippen LogP contribution in [-0.4, -0.2) is 17.1 Å². The summed E-state index contributed by atoms with van der Waals surface area (Å²) in [6.07, 6.45) is 4.78. The number of nitrogens with one attached hydrogen (secondary N) is 1. The molecular formula is C12H14ClNO2. The Bertz CT molecular complexity index is 400. The third-order valence-electron chi connectivity index (χ3n) is 2.87. The monoisotopic (exact) mass is 239 g/mol. The number of carbonyl (C=O) groups is 1. The van der Waals surface area contributed by atoms with Crippen molar-refractivity contribution >= 4 is 23.3 Å². The van der Waals surface area contributed by atoms with Crippen LogP contribution in [0.4, 0.5) is 5.69 Å². The summed E-state index contributed by atoms with van der Waals surface area (Å²) in [4.78, 5) is 10.9. The first-order chi connectivity index (χ1) is 7.65. The van der Waals surface area contributed by atoms with Crippen molar-refractivity contribution in [2.24, 2.45) is 0 Å². The zero-order valence-corrected chi connectivity index (χ0v) is 9.63. The average Bonchev–Trinajstić information content (AvgIpc) is 2.69. The summed E-state index contributed by atoms with van der Waals surface area (Å²) in [5, 5.41) is 12.7. The van der Waals surface area contributed by atoms with E-state index in [9.17, 15) is 4.79 Å². The number of benzene rings is 1. The van der Waals surface area contributed by atoms with E-state index in [1.165, 1.54) is 18.9 Å². The molecule has 3 nitrogen and oxygen atoms in total. The molecule has 1 saturated carbocycles. The third-order valence-corrected chi connectivity index (χ3v) is 3.09. The molecular weight excluding hydrogens is 226 g/mol. The van der Waals surface area contributed by atoms with Crippen LogP contribution in [0.1, 0.15) is 36.0 Å². The second-order valence-electron chi connectivity index (χ2n) is 4.16. The molecule has 0 aliphatic heterocycles. The Kier molecular flexibility index (Phi) is 3.34. The molecule has 16 heavy (non-hydrogen) atoms. The summed E-state index contributed by atoms with van der Waals surface area (Å²) in [5.74, 6) is -0.947. The minimum atomic E-state index is -0.947. The van der Waals surface area contributed by atoms with E-state index in [0.717, 1.165) is 18.5 Å². The summed E-state index contributed by atoms with van der Waals surface area (Å²) in [6.45, 7) is 0. The van der Waals surface area contributed by atoms with E-state index >= 15 is 0 Å². The zero-order chi connectivity index (χ0) is 11.5. The summed E-state index contributed by atoms with van der Waals surface area (Å²) in [7, 11) is 0. The topological polar surface area (TPSA) is 49.3 Å². The van der Waals surface area contributed by atoms with Crippen LogP contribution in [0.15, 0.2) is 18.2 Å². The zero-order valence-electron chi connectivity index (χ0n) is 8.87. The molecule has 4 heteroatoms. The van der Waals surface area contributed by atoms with Crippen molar-refractivity contribution in [1.82, 2.24) is 0 Å². The number of carboxylic acid groups (broad SMARTS) is 1. The van der Waals surface area contributed by atoms with Crippen molar-refractivity contribution in [3.05, 3.63) is 28.8 Å². The Morgan fingerprint density at radius 3 is 2.62 bits per heavy atom. The Labute approximate surface area is 99.4 Å². The predicted molar refractivity (Wildman–Crippen MR) is 64.3 cm³/mol. The van der Waals surface area contributed by atoms with Crippen LogP contribution < -0.4 is 5.32 Å². The highest BCUT2D eigenvalue weighted by atomic mass is 35.5. The molecule has 0 spiro atoms. The minimum absolute atomic E-state index is 0.230. The summed E-state index contributed by atoms with van der Waals surface area (Å²) in [5.41, 5.74) is 1.03. The van der Waals surface area contributed by atoms with Crippen LogP contribution in [0.5, 0.6) is 0 Å². The molecule has 2 rings (SSSR count). The molecule has 1 aromatic carbocycles. The van der Waals surface area contributed by atoms with Crippen LogP contribution in [0, 0.1) is 0 Å². The second kappa shape index (κ2) is 4.74. The first kappa shape index (κ1) is 11.3. The third kappa shape index (κ3) is 2.67. The maximum Gasteiger partial charge on any atom is 0.335 e. The number of anilines is 1. The van der Waals surface area contributed by atoms with Gasteiger partial charge in [0.15, 0.2) is 0 Å². The second-order valence-corrected chi connectivity index (χ2v) is 4.60. The van der Waals surface area contributed by atoms with Gasteiger partial charge < -0.3 is 10.4 Å². The van der Waals surface area contributed by atoms with E-state index in [-0.39, 0.29) is 5.56 Å². The van der Waals surface area contributed by atoms with Gasteiger partial charge in [-0.3, -0.25) is 0 Å². The smallest absolute Gasteiger partial charge is 0.335 e. The first-order valence-electron chi connectivity index (χ1n) is 5.45. The van der Waals surface area contributed by atoms with E-state index in [1.54, 1.807) is 12.1 Å². The van der Waals surface area contributed by atoms with E-state index in [1.807, 2.05) is 0 Å². The van der Waals surface area contributed by atoms with Gasteiger partial charge in [0.25, 0.3) is 0 Å². The predicted octanol–water partition coefficient (Wildman–Crippen LogP) is 3.39. The number of hydrogen-bond donors (Lipinski definition) is 2. The Morgan fingerprint density at radius 2 is 2.00 bits per heavy atom. The minimum Gasteiger partial charge on any atom is -0.478 e. The van der Waals surface area contributed by atoms with Gasteiger partial charge in [-0.2, -0.15) is 0 Å². The fraction of sp³-hybridized carbons (Fsp3) is 0.417. The SMILES string of the molecule is O=C(O)c1cc(Cl)cc(NC2CCCC2)c1. The average molecular weight is 240 g/mol. The van der Waals surface area contributed by atoms with Gasteiger partial charge in [0.1, 0.15) is 0 Å². The van der Waals surface area contributed by atoms with Crippen molar-refractivity contribution in [3.8, 4) is 0 Å². The van der Waals surface area contributed by atoms with Gasteiger partial charge in [0, 0.05) is 16.8 Å². The molecule has 0 unspecified atom stereocenters. The summed E-state index contributed by atoms with van der Waals surface area (Å²) >= 11 is 5.88. The molecule has 1 aromatic rings. The van der Waals surface area contributed by atoms with Gasteiger partial charge in [-0.25, -0.2) is 4.79 Å². The van der Waals surface area contributed by atoms with Gasteiger partial charge in [-0.15, -0.1) is 0 Å². The fourth-order valence-corrected chi connectivity index (χ4v) is 2.34. The molecule has 0 aromatic heterocycles. The first-order valence-corrected chi connectivity index (χ1v) is 5.83. The molecule has 2 N–H and O–H groups in total. The Morgan fingerprint density at radius 1 is 1.31 bits per heavy atom. The largest absolute Gasteiger partial charge is 0.478 e. The Balaban J connectivity index is 2.16. The number of halogens is 1. The standard InChI is InChI=1S/C12H14ClNO2/c13-9-5-8(12(15)16)6-11(7-9)14-10-3-1-2-4-10/h5-7,10,14H,1-4H2,(H,15,16). The van der Waals surface area contributed by atoms with Crippen LogP contribution in [0.25, 0.3) is 0 Å². The van der Waals surface area contributed by atoms with Crippen molar-refractivity contribution in [2.75, 3.05) is 5.32 Å². The maximum atomic E-state index is 10.9. The molecule has 1 fully saturated rings.